The Hall–Kier alpha value is -1.02. The third-order valence-electron chi connectivity index (χ3n) is 2.23. The Morgan fingerprint density at radius 1 is 1.33 bits per heavy atom. The highest BCUT2D eigenvalue weighted by atomic mass is 16.5. The van der Waals surface area contributed by atoms with E-state index in [0.717, 1.165) is 12.3 Å². The highest BCUT2D eigenvalue weighted by molar-refractivity contribution is 5.21. The molecular formula is C10H13NO. The summed E-state index contributed by atoms with van der Waals surface area (Å²) in [6.45, 7) is 3.10. The van der Waals surface area contributed by atoms with E-state index in [2.05, 4.69) is 12.2 Å². The molecule has 2 rings (SSSR count). The Bertz CT molecular complexity index is 247. The molecule has 1 saturated heterocycles. The molecule has 1 fully saturated rings. The van der Waals surface area contributed by atoms with E-state index in [0.29, 0.717) is 12.1 Å². The van der Waals surface area contributed by atoms with Gasteiger partial charge >= 0.3 is 0 Å². The normalized spacial score (nSPS) is 27.8. The Labute approximate surface area is 72.5 Å². The monoisotopic (exact) mass is 163 g/mol. The number of nitrogens with one attached hydrogen (secondary N) is 1. The van der Waals surface area contributed by atoms with Crippen LogP contribution in [0.5, 0.6) is 5.75 Å². The summed E-state index contributed by atoms with van der Waals surface area (Å²) in [4.78, 5) is 0. The number of para-hydroxylation sites is 1. The van der Waals surface area contributed by atoms with Crippen LogP contribution < -0.4 is 10.1 Å². The van der Waals surface area contributed by atoms with Crippen molar-refractivity contribution in [3.05, 3.63) is 30.3 Å². The van der Waals surface area contributed by atoms with Crippen LogP contribution in [0.25, 0.3) is 0 Å². The second-order valence-corrected chi connectivity index (χ2v) is 3.17. The van der Waals surface area contributed by atoms with Crippen molar-refractivity contribution in [3.63, 3.8) is 0 Å². The van der Waals surface area contributed by atoms with Gasteiger partial charge in [0.15, 0.2) is 0 Å². The molecule has 12 heavy (non-hydrogen) atoms. The van der Waals surface area contributed by atoms with Crippen LogP contribution in [0, 0.1) is 0 Å². The second-order valence-electron chi connectivity index (χ2n) is 3.17. The van der Waals surface area contributed by atoms with Crippen LogP contribution in [0.1, 0.15) is 6.92 Å². The Morgan fingerprint density at radius 3 is 2.58 bits per heavy atom. The average molecular weight is 163 g/mol. The molecule has 0 unspecified atom stereocenters. The van der Waals surface area contributed by atoms with Gasteiger partial charge in [0, 0.05) is 12.6 Å². The minimum atomic E-state index is 0.354. The summed E-state index contributed by atoms with van der Waals surface area (Å²) >= 11 is 0. The molecule has 2 heteroatoms. The predicted octanol–water partition coefficient (Wildman–Crippen LogP) is 1.43. The molecule has 0 aromatic heterocycles. The van der Waals surface area contributed by atoms with Gasteiger partial charge in [-0.1, -0.05) is 18.2 Å². The molecular weight excluding hydrogens is 150 g/mol. The summed E-state index contributed by atoms with van der Waals surface area (Å²) in [5.74, 6) is 0.968. The molecule has 0 aliphatic carbocycles. The lowest BCUT2D eigenvalue weighted by Crippen LogP contribution is -2.58. The van der Waals surface area contributed by atoms with Crippen LogP contribution in [-0.2, 0) is 0 Å². The third kappa shape index (κ3) is 1.43. The van der Waals surface area contributed by atoms with Gasteiger partial charge in [0.25, 0.3) is 0 Å². The molecule has 1 aromatic carbocycles. The first-order valence-corrected chi connectivity index (χ1v) is 4.31. The highest BCUT2D eigenvalue weighted by Crippen LogP contribution is 2.15. The van der Waals surface area contributed by atoms with Crippen LogP contribution in [0.3, 0.4) is 0 Å². The van der Waals surface area contributed by atoms with E-state index in [1.165, 1.54) is 0 Å². The third-order valence-corrected chi connectivity index (χ3v) is 2.23. The molecule has 0 bridgehead atoms. The van der Waals surface area contributed by atoms with Gasteiger partial charge in [0.1, 0.15) is 11.9 Å². The lowest BCUT2D eigenvalue weighted by atomic mass is 10.1. The van der Waals surface area contributed by atoms with Crippen LogP contribution in [-0.4, -0.2) is 18.7 Å². The topological polar surface area (TPSA) is 21.3 Å². The number of ether oxygens (including phenoxy) is 1. The van der Waals surface area contributed by atoms with Gasteiger partial charge in [0.2, 0.25) is 0 Å². The van der Waals surface area contributed by atoms with Crippen LogP contribution in [0.2, 0.25) is 0 Å². The van der Waals surface area contributed by atoms with Crippen molar-refractivity contribution in [1.82, 2.24) is 5.32 Å². The zero-order chi connectivity index (χ0) is 8.39. The molecule has 2 atom stereocenters. The fourth-order valence-corrected chi connectivity index (χ4v) is 1.27. The summed E-state index contributed by atoms with van der Waals surface area (Å²) in [5, 5.41) is 3.25. The maximum absolute atomic E-state index is 5.70. The number of benzene rings is 1. The zero-order valence-corrected chi connectivity index (χ0v) is 7.16. The van der Waals surface area contributed by atoms with E-state index in [-0.39, 0.29) is 0 Å². The minimum Gasteiger partial charge on any atom is -0.487 e. The second kappa shape index (κ2) is 3.15. The summed E-state index contributed by atoms with van der Waals surface area (Å²) in [6, 6.07) is 10.5. The lowest BCUT2D eigenvalue weighted by Gasteiger charge is -2.35. The van der Waals surface area contributed by atoms with E-state index < -0.39 is 0 Å². The van der Waals surface area contributed by atoms with Gasteiger partial charge in [0.05, 0.1) is 0 Å². The first-order chi connectivity index (χ1) is 5.86. The van der Waals surface area contributed by atoms with Gasteiger partial charge in [-0.3, -0.25) is 0 Å². The van der Waals surface area contributed by atoms with Crippen molar-refractivity contribution in [2.45, 2.75) is 19.1 Å². The SMILES string of the molecule is C[C@@H]1NC[C@H]1Oc1ccccc1. The van der Waals surface area contributed by atoms with E-state index in [4.69, 9.17) is 4.74 Å². The highest BCUT2D eigenvalue weighted by Gasteiger charge is 2.27. The van der Waals surface area contributed by atoms with Gasteiger partial charge < -0.3 is 10.1 Å². The number of rotatable bonds is 2. The lowest BCUT2D eigenvalue weighted by molar-refractivity contribution is 0.0939. The molecule has 64 valence electrons. The molecule has 0 spiro atoms. The van der Waals surface area contributed by atoms with Crippen molar-refractivity contribution < 1.29 is 4.74 Å². The largest absolute Gasteiger partial charge is 0.487 e. The predicted molar refractivity (Wildman–Crippen MR) is 48.3 cm³/mol. The summed E-state index contributed by atoms with van der Waals surface area (Å²) in [5.41, 5.74) is 0. The van der Waals surface area contributed by atoms with E-state index in [1.807, 2.05) is 30.3 Å². The van der Waals surface area contributed by atoms with Gasteiger partial charge in [-0.2, -0.15) is 0 Å². The van der Waals surface area contributed by atoms with Crippen molar-refractivity contribution in [2.24, 2.45) is 0 Å². The van der Waals surface area contributed by atoms with Crippen LogP contribution >= 0.6 is 0 Å². The van der Waals surface area contributed by atoms with Gasteiger partial charge in [-0.05, 0) is 19.1 Å². The fourth-order valence-electron chi connectivity index (χ4n) is 1.27. The Morgan fingerprint density at radius 2 is 2.08 bits per heavy atom. The summed E-state index contributed by atoms with van der Waals surface area (Å²) in [6.07, 6.45) is 0.354. The zero-order valence-electron chi connectivity index (χ0n) is 7.16. The van der Waals surface area contributed by atoms with Crippen LogP contribution in [0.4, 0.5) is 0 Å². The molecule has 1 aromatic rings. The minimum absolute atomic E-state index is 0.354. The molecule has 1 aliphatic heterocycles. The summed E-state index contributed by atoms with van der Waals surface area (Å²) < 4.78 is 5.70. The Kier molecular flexibility index (Phi) is 2.00. The first-order valence-electron chi connectivity index (χ1n) is 4.31. The Balaban J connectivity index is 1.95. The van der Waals surface area contributed by atoms with Crippen molar-refractivity contribution in [2.75, 3.05) is 6.54 Å². The standard InChI is InChI=1S/C10H13NO/c1-8-10(7-11-8)12-9-5-3-2-4-6-9/h2-6,8,10-11H,7H2,1H3/t8-,10+/m0/s1. The van der Waals surface area contributed by atoms with E-state index in [1.54, 1.807) is 0 Å². The maximum Gasteiger partial charge on any atom is 0.126 e. The average Bonchev–Trinajstić information content (AvgIpc) is 2.14. The van der Waals surface area contributed by atoms with Crippen LogP contribution in [0.15, 0.2) is 30.3 Å². The quantitative estimate of drug-likeness (QED) is 0.712. The maximum atomic E-state index is 5.70. The molecule has 1 aliphatic rings. The molecule has 1 N–H and O–H groups in total. The van der Waals surface area contributed by atoms with Crippen molar-refractivity contribution in [3.8, 4) is 5.75 Å². The van der Waals surface area contributed by atoms with Gasteiger partial charge in [-0.25, -0.2) is 0 Å². The smallest absolute Gasteiger partial charge is 0.126 e. The summed E-state index contributed by atoms with van der Waals surface area (Å²) in [7, 11) is 0. The van der Waals surface area contributed by atoms with E-state index in [9.17, 15) is 0 Å². The van der Waals surface area contributed by atoms with E-state index >= 15 is 0 Å². The fraction of sp³-hybridized carbons (Fsp3) is 0.400. The van der Waals surface area contributed by atoms with Crippen molar-refractivity contribution >= 4 is 0 Å². The van der Waals surface area contributed by atoms with Gasteiger partial charge in [-0.15, -0.1) is 0 Å². The van der Waals surface area contributed by atoms with Crippen molar-refractivity contribution in [1.29, 1.82) is 0 Å². The molecule has 0 amide bonds. The number of hydrogen-bond donors (Lipinski definition) is 1. The molecule has 0 radical (unpaired) electrons. The number of hydrogen-bond acceptors (Lipinski definition) is 2. The molecule has 1 heterocycles. The first kappa shape index (κ1) is 7.62. The molecule has 0 saturated carbocycles. The molecule has 2 nitrogen and oxygen atoms in total.